The Kier molecular flexibility index (Phi) is 5.19. The van der Waals surface area contributed by atoms with Crippen molar-refractivity contribution in [3.8, 4) is 11.3 Å². The number of nitro groups is 1. The minimum absolute atomic E-state index is 0.0219. The van der Waals surface area contributed by atoms with Crippen LogP contribution in [0.5, 0.6) is 0 Å². The molecule has 8 heteroatoms. The number of furan rings is 1. The van der Waals surface area contributed by atoms with E-state index < -0.39 is 23.3 Å². The SMILES string of the molecule is O=C(O)CN1C(=O)/C(=C/c2ccc(-c3ccc([N+](=O)[O-])cc3)o2)C=C1c1ccccc1. The van der Waals surface area contributed by atoms with E-state index >= 15 is 0 Å². The molecule has 0 aliphatic carbocycles. The van der Waals surface area contributed by atoms with E-state index in [-0.39, 0.29) is 5.69 Å². The van der Waals surface area contributed by atoms with Crippen LogP contribution in [-0.4, -0.2) is 33.4 Å². The second-order valence-corrected chi connectivity index (χ2v) is 6.79. The molecule has 1 aromatic heterocycles. The zero-order chi connectivity index (χ0) is 22.0. The standard InChI is InChI=1S/C23H16N2O6/c26-22(27)14-24-20(15-4-2-1-3-5-15)13-17(23(24)28)12-19-10-11-21(31-19)16-6-8-18(9-7-16)25(29)30/h1-13H,14H2,(H,26,27)/b17-12+. The van der Waals surface area contributed by atoms with Gasteiger partial charge in [-0.2, -0.15) is 0 Å². The maximum atomic E-state index is 12.8. The van der Waals surface area contributed by atoms with Crippen LogP contribution in [0.4, 0.5) is 5.69 Å². The quantitative estimate of drug-likeness (QED) is 0.366. The number of carboxylic acid groups (broad SMARTS) is 1. The molecule has 31 heavy (non-hydrogen) atoms. The molecule has 0 radical (unpaired) electrons. The number of carbonyl (C=O) groups excluding carboxylic acids is 1. The number of aliphatic carboxylic acids is 1. The van der Waals surface area contributed by atoms with Crippen molar-refractivity contribution in [2.24, 2.45) is 0 Å². The first-order chi connectivity index (χ1) is 14.9. The number of rotatable bonds is 6. The summed E-state index contributed by atoms with van der Waals surface area (Å²) in [6.07, 6.45) is 3.18. The maximum Gasteiger partial charge on any atom is 0.323 e. The van der Waals surface area contributed by atoms with Crippen LogP contribution >= 0.6 is 0 Å². The molecule has 2 heterocycles. The lowest BCUT2D eigenvalue weighted by Gasteiger charge is -2.18. The Bertz CT molecular complexity index is 1220. The number of carbonyl (C=O) groups is 2. The Hall–Kier alpha value is -4.46. The number of benzene rings is 2. The third kappa shape index (κ3) is 4.13. The fraction of sp³-hybridized carbons (Fsp3) is 0.0435. The fourth-order valence-corrected chi connectivity index (χ4v) is 3.28. The van der Waals surface area contributed by atoms with Crippen molar-refractivity contribution in [2.45, 2.75) is 0 Å². The van der Waals surface area contributed by atoms with Crippen LogP contribution in [0.3, 0.4) is 0 Å². The highest BCUT2D eigenvalue weighted by Crippen LogP contribution is 2.31. The first-order valence-corrected chi connectivity index (χ1v) is 9.29. The summed E-state index contributed by atoms with van der Waals surface area (Å²) in [4.78, 5) is 35.6. The first-order valence-electron chi connectivity index (χ1n) is 9.29. The van der Waals surface area contributed by atoms with E-state index in [2.05, 4.69) is 0 Å². The molecule has 0 unspecified atom stereocenters. The molecule has 1 N–H and O–H groups in total. The van der Waals surface area contributed by atoms with Crippen LogP contribution in [0.25, 0.3) is 23.1 Å². The maximum absolute atomic E-state index is 12.8. The van der Waals surface area contributed by atoms with Crippen molar-refractivity contribution in [3.05, 3.63) is 99.8 Å². The molecule has 2 aromatic carbocycles. The van der Waals surface area contributed by atoms with E-state index in [0.29, 0.717) is 28.4 Å². The molecular formula is C23H16N2O6. The van der Waals surface area contributed by atoms with Gasteiger partial charge in [0.1, 0.15) is 18.1 Å². The summed E-state index contributed by atoms with van der Waals surface area (Å²) in [5.74, 6) is -0.663. The van der Waals surface area contributed by atoms with Gasteiger partial charge in [0.25, 0.3) is 11.6 Å². The molecule has 8 nitrogen and oxygen atoms in total. The van der Waals surface area contributed by atoms with E-state index in [4.69, 9.17) is 4.42 Å². The second-order valence-electron chi connectivity index (χ2n) is 6.79. The van der Waals surface area contributed by atoms with Crippen molar-refractivity contribution < 1.29 is 24.0 Å². The van der Waals surface area contributed by atoms with Gasteiger partial charge in [0.15, 0.2) is 0 Å². The lowest BCUT2D eigenvalue weighted by molar-refractivity contribution is -0.384. The average Bonchev–Trinajstić information content (AvgIpc) is 3.35. The van der Waals surface area contributed by atoms with Gasteiger partial charge in [-0.1, -0.05) is 30.3 Å². The number of hydrogen-bond donors (Lipinski definition) is 1. The van der Waals surface area contributed by atoms with Crippen LogP contribution in [-0.2, 0) is 9.59 Å². The Morgan fingerprint density at radius 3 is 2.39 bits per heavy atom. The molecular weight excluding hydrogens is 400 g/mol. The molecule has 1 aliphatic heterocycles. The zero-order valence-electron chi connectivity index (χ0n) is 16.1. The van der Waals surface area contributed by atoms with Crippen molar-refractivity contribution in [1.29, 1.82) is 0 Å². The van der Waals surface area contributed by atoms with Crippen LogP contribution in [0.1, 0.15) is 11.3 Å². The van der Waals surface area contributed by atoms with Gasteiger partial charge in [0.05, 0.1) is 10.6 Å². The fourth-order valence-electron chi connectivity index (χ4n) is 3.28. The van der Waals surface area contributed by atoms with Crippen LogP contribution < -0.4 is 0 Å². The van der Waals surface area contributed by atoms with Crippen molar-refractivity contribution >= 4 is 29.3 Å². The molecule has 1 amide bonds. The Morgan fingerprint density at radius 1 is 1.03 bits per heavy atom. The van der Waals surface area contributed by atoms with Gasteiger partial charge in [0, 0.05) is 23.3 Å². The Labute approximate surface area is 176 Å². The van der Waals surface area contributed by atoms with Crippen molar-refractivity contribution in [1.82, 2.24) is 4.90 Å². The normalized spacial score (nSPS) is 14.7. The lowest BCUT2D eigenvalue weighted by atomic mass is 10.1. The molecule has 3 aromatic rings. The number of amides is 1. The highest BCUT2D eigenvalue weighted by Gasteiger charge is 2.30. The minimum atomic E-state index is -1.12. The molecule has 0 fully saturated rings. The molecule has 1 aliphatic rings. The van der Waals surface area contributed by atoms with E-state index in [9.17, 15) is 24.8 Å². The molecule has 0 saturated heterocycles. The topological polar surface area (TPSA) is 114 Å². The summed E-state index contributed by atoms with van der Waals surface area (Å²) in [7, 11) is 0. The summed E-state index contributed by atoms with van der Waals surface area (Å²) in [6.45, 7) is -0.455. The lowest BCUT2D eigenvalue weighted by Crippen LogP contribution is -2.31. The summed E-state index contributed by atoms with van der Waals surface area (Å²) in [5, 5.41) is 20.0. The summed E-state index contributed by atoms with van der Waals surface area (Å²) >= 11 is 0. The summed E-state index contributed by atoms with van der Waals surface area (Å²) in [5.41, 5.74) is 2.16. The second kappa shape index (κ2) is 8.11. The summed E-state index contributed by atoms with van der Waals surface area (Å²) < 4.78 is 5.78. The molecule has 0 spiro atoms. The molecule has 154 valence electrons. The number of nitro benzene ring substituents is 1. The van der Waals surface area contributed by atoms with Gasteiger partial charge >= 0.3 is 5.97 Å². The van der Waals surface area contributed by atoms with Crippen molar-refractivity contribution in [2.75, 3.05) is 6.54 Å². The molecule has 4 rings (SSSR count). The van der Waals surface area contributed by atoms with Crippen LogP contribution in [0.15, 0.2) is 82.8 Å². The van der Waals surface area contributed by atoms with Gasteiger partial charge in [0.2, 0.25) is 0 Å². The highest BCUT2D eigenvalue weighted by molar-refractivity contribution is 6.11. The van der Waals surface area contributed by atoms with Gasteiger partial charge in [-0.25, -0.2) is 0 Å². The first kappa shape index (κ1) is 19.8. The number of carboxylic acids is 1. The predicted octanol–water partition coefficient (Wildman–Crippen LogP) is 4.21. The third-order valence-corrected chi connectivity index (χ3v) is 4.73. The Balaban J connectivity index is 1.65. The van der Waals surface area contributed by atoms with Gasteiger partial charge in [-0.15, -0.1) is 0 Å². The van der Waals surface area contributed by atoms with Crippen molar-refractivity contribution in [3.63, 3.8) is 0 Å². The third-order valence-electron chi connectivity index (χ3n) is 4.73. The van der Waals surface area contributed by atoms with E-state index in [1.54, 1.807) is 48.6 Å². The largest absolute Gasteiger partial charge is 0.480 e. The number of non-ortho nitro benzene ring substituents is 1. The number of nitrogens with zero attached hydrogens (tertiary/aromatic N) is 2. The monoisotopic (exact) mass is 416 g/mol. The number of hydrogen-bond acceptors (Lipinski definition) is 5. The van der Waals surface area contributed by atoms with E-state index in [1.165, 1.54) is 17.0 Å². The van der Waals surface area contributed by atoms with E-state index in [1.807, 2.05) is 18.2 Å². The molecule has 0 atom stereocenters. The van der Waals surface area contributed by atoms with Gasteiger partial charge in [-0.05, 0) is 42.0 Å². The van der Waals surface area contributed by atoms with Gasteiger partial charge in [-0.3, -0.25) is 24.6 Å². The van der Waals surface area contributed by atoms with E-state index in [0.717, 1.165) is 5.56 Å². The smallest absolute Gasteiger partial charge is 0.323 e. The highest BCUT2D eigenvalue weighted by atomic mass is 16.6. The summed E-state index contributed by atoms with van der Waals surface area (Å²) in [6, 6.07) is 18.4. The Morgan fingerprint density at radius 2 is 1.74 bits per heavy atom. The van der Waals surface area contributed by atoms with Crippen LogP contribution in [0, 0.1) is 10.1 Å². The molecule has 0 saturated carbocycles. The minimum Gasteiger partial charge on any atom is -0.480 e. The van der Waals surface area contributed by atoms with Crippen LogP contribution in [0.2, 0.25) is 0 Å². The average molecular weight is 416 g/mol. The molecule has 0 bridgehead atoms. The predicted molar refractivity (Wildman–Crippen MR) is 113 cm³/mol. The zero-order valence-corrected chi connectivity index (χ0v) is 16.1. The van der Waals surface area contributed by atoms with Gasteiger partial charge < -0.3 is 9.52 Å².